The highest BCUT2D eigenvalue weighted by Crippen LogP contribution is 2.27. The quantitative estimate of drug-likeness (QED) is 0.370. The maximum atomic E-state index is 12.1. The van der Waals surface area contributed by atoms with Crippen LogP contribution in [0.3, 0.4) is 0 Å². The number of carbonyl (C=O) groups is 1. The lowest BCUT2D eigenvalue weighted by molar-refractivity contribution is -0.113. The molecule has 0 aliphatic heterocycles. The zero-order valence-corrected chi connectivity index (χ0v) is 17.1. The second-order valence-electron chi connectivity index (χ2n) is 6.76. The molecule has 0 unspecified atom stereocenters. The molecular weight excluding hydrogens is 410 g/mol. The third-order valence-electron chi connectivity index (χ3n) is 4.57. The van der Waals surface area contributed by atoms with Gasteiger partial charge in [-0.05, 0) is 30.3 Å². The van der Waals surface area contributed by atoms with Crippen LogP contribution in [0.1, 0.15) is 0 Å². The number of benzene rings is 3. The minimum absolute atomic E-state index is 0.136. The molecule has 0 aliphatic carbocycles. The molecule has 0 fully saturated rings. The van der Waals surface area contributed by atoms with Crippen LogP contribution in [0.25, 0.3) is 33.9 Å². The largest absolute Gasteiger partial charge is 0.411 e. The summed E-state index contributed by atoms with van der Waals surface area (Å²) < 4.78 is 5.74. The Kier molecular flexibility index (Phi) is 5.20. The van der Waals surface area contributed by atoms with Crippen molar-refractivity contribution in [3.05, 3.63) is 78.9 Å². The van der Waals surface area contributed by atoms with Crippen LogP contribution in [0.5, 0.6) is 0 Å². The molecule has 0 spiro atoms. The van der Waals surface area contributed by atoms with Crippen LogP contribution < -0.4 is 5.32 Å². The summed E-state index contributed by atoms with van der Waals surface area (Å²) >= 11 is 1.20. The van der Waals surface area contributed by atoms with Gasteiger partial charge in [-0.1, -0.05) is 60.3 Å². The van der Waals surface area contributed by atoms with Gasteiger partial charge in [0.1, 0.15) is 5.82 Å². The fraction of sp³-hybridized carbons (Fsp3) is 0.0435. The molecule has 7 nitrogen and oxygen atoms in total. The number of anilines is 1. The minimum Gasteiger partial charge on any atom is -0.411 e. The Morgan fingerprint density at radius 3 is 2.52 bits per heavy atom. The fourth-order valence-electron chi connectivity index (χ4n) is 3.11. The molecule has 152 valence electrons. The molecule has 5 aromatic rings. The molecule has 5 rings (SSSR count). The summed E-state index contributed by atoms with van der Waals surface area (Å²) in [5.74, 6) is 1.24. The van der Waals surface area contributed by atoms with Gasteiger partial charge < -0.3 is 14.7 Å². The number of nitrogens with zero attached hydrogens (tertiary/aromatic N) is 3. The van der Waals surface area contributed by atoms with Crippen LogP contribution in [-0.4, -0.2) is 31.8 Å². The van der Waals surface area contributed by atoms with Crippen molar-refractivity contribution in [3.8, 4) is 22.8 Å². The van der Waals surface area contributed by atoms with Gasteiger partial charge in [0.2, 0.25) is 11.8 Å². The highest BCUT2D eigenvalue weighted by Gasteiger charge is 2.13. The molecule has 2 heterocycles. The van der Waals surface area contributed by atoms with Crippen molar-refractivity contribution in [2.75, 3.05) is 11.1 Å². The molecule has 0 saturated carbocycles. The Hall–Kier alpha value is -3.91. The number of hydrogen-bond acceptors (Lipinski definition) is 6. The van der Waals surface area contributed by atoms with E-state index >= 15 is 0 Å². The van der Waals surface area contributed by atoms with Crippen LogP contribution in [0.15, 0.2) is 88.5 Å². The number of rotatable bonds is 6. The van der Waals surface area contributed by atoms with Crippen LogP contribution in [0, 0.1) is 0 Å². The number of thioether (sulfide) groups is 1. The molecule has 31 heavy (non-hydrogen) atoms. The second-order valence-corrected chi connectivity index (χ2v) is 7.69. The summed E-state index contributed by atoms with van der Waals surface area (Å²) in [5.41, 5.74) is 4.29. The Labute approximate surface area is 181 Å². The van der Waals surface area contributed by atoms with Crippen molar-refractivity contribution in [3.63, 3.8) is 0 Å². The lowest BCUT2D eigenvalue weighted by Gasteiger charge is -2.02. The number of hydrogen-bond donors (Lipinski definition) is 2. The number of carbonyl (C=O) groups excluding carboxylic acids is 1. The van der Waals surface area contributed by atoms with E-state index in [1.165, 1.54) is 11.8 Å². The predicted octanol–water partition coefficient (Wildman–Crippen LogP) is 5.01. The van der Waals surface area contributed by atoms with Gasteiger partial charge in [0, 0.05) is 16.8 Å². The summed E-state index contributed by atoms with van der Waals surface area (Å²) in [4.78, 5) is 20.1. The van der Waals surface area contributed by atoms with E-state index in [0.717, 1.165) is 33.7 Å². The Bertz CT molecular complexity index is 1330. The predicted molar refractivity (Wildman–Crippen MR) is 121 cm³/mol. The van der Waals surface area contributed by atoms with E-state index < -0.39 is 0 Å². The summed E-state index contributed by atoms with van der Waals surface area (Å²) in [5, 5.41) is 11.3. The third kappa shape index (κ3) is 4.34. The van der Waals surface area contributed by atoms with E-state index in [1.54, 1.807) is 0 Å². The van der Waals surface area contributed by atoms with Crippen molar-refractivity contribution in [2.24, 2.45) is 0 Å². The highest BCUT2D eigenvalue weighted by atomic mass is 32.2. The SMILES string of the molecule is O=C(CSc1nnc(-c2ccc3nc(-c4ccccc4)[nH]c3c2)o1)Nc1ccccc1. The van der Waals surface area contributed by atoms with Crippen molar-refractivity contribution in [1.29, 1.82) is 0 Å². The van der Waals surface area contributed by atoms with E-state index in [9.17, 15) is 4.79 Å². The van der Waals surface area contributed by atoms with Gasteiger partial charge in [0.05, 0.1) is 16.8 Å². The maximum Gasteiger partial charge on any atom is 0.277 e. The number of amides is 1. The molecule has 0 radical (unpaired) electrons. The molecule has 2 N–H and O–H groups in total. The molecule has 2 aromatic heterocycles. The van der Waals surface area contributed by atoms with Gasteiger partial charge in [-0.25, -0.2) is 4.98 Å². The van der Waals surface area contributed by atoms with Crippen molar-refractivity contribution < 1.29 is 9.21 Å². The monoisotopic (exact) mass is 427 g/mol. The lowest BCUT2D eigenvalue weighted by Crippen LogP contribution is -2.13. The number of imidazole rings is 1. The Balaban J connectivity index is 1.28. The highest BCUT2D eigenvalue weighted by molar-refractivity contribution is 7.99. The van der Waals surface area contributed by atoms with E-state index in [2.05, 4.69) is 25.5 Å². The van der Waals surface area contributed by atoms with E-state index in [4.69, 9.17) is 4.42 Å². The maximum absolute atomic E-state index is 12.1. The Morgan fingerprint density at radius 2 is 1.71 bits per heavy atom. The Morgan fingerprint density at radius 1 is 0.935 bits per heavy atom. The lowest BCUT2D eigenvalue weighted by atomic mass is 10.2. The molecular formula is C23H17N5O2S. The average Bonchev–Trinajstić information content (AvgIpc) is 3.46. The number of aromatic nitrogens is 4. The smallest absolute Gasteiger partial charge is 0.277 e. The second kappa shape index (κ2) is 8.45. The first-order valence-electron chi connectivity index (χ1n) is 9.61. The molecule has 8 heteroatoms. The van der Waals surface area contributed by atoms with Gasteiger partial charge in [-0.15, -0.1) is 10.2 Å². The van der Waals surface area contributed by atoms with Crippen LogP contribution in [0.2, 0.25) is 0 Å². The normalized spacial score (nSPS) is 11.0. The van der Waals surface area contributed by atoms with Gasteiger partial charge in [0.15, 0.2) is 0 Å². The molecule has 1 amide bonds. The first-order chi connectivity index (χ1) is 15.2. The standard InChI is InChI=1S/C23H17N5O2S/c29-20(24-17-9-5-2-6-10-17)14-31-23-28-27-22(30-23)16-11-12-18-19(13-16)26-21(25-18)15-7-3-1-4-8-15/h1-13H,14H2,(H,24,29)(H,25,26). The van der Waals surface area contributed by atoms with Crippen molar-refractivity contribution in [1.82, 2.24) is 20.2 Å². The van der Waals surface area contributed by atoms with Crippen LogP contribution >= 0.6 is 11.8 Å². The van der Waals surface area contributed by atoms with Gasteiger partial charge in [0.25, 0.3) is 5.22 Å². The van der Waals surface area contributed by atoms with Gasteiger partial charge in [-0.3, -0.25) is 4.79 Å². The average molecular weight is 427 g/mol. The van der Waals surface area contributed by atoms with Gasteiger partial charge in [-0.2, -0.15) is 0 Å². The van der Waals surface area contributed by atoms with Crippen LogP contribution in [0.4, 0.5) is 5.69 Å². The number of para-hydroxylation sites is 1. The summed E-state index contributed by atoms with van der Waals surface area (Å²) in [6.07, 6.45) is 0. The zero-order chi connectivity index (χ0) is 21.0. The minimum atomic E-state index is -0.136. The number of aromatic amines is 1. The number of H-pyrrole nitrogens is 1. The molecule has 0 atom stereocenters. The summed E-state index contributed by atoms with van der Waals surface area (Å²) in [6, 6.07) is 25.0. The van der Waals surface area contributed by atoms with Crippen molar-refractivity contribution in [2.45, 2.75) is 5.22 Å². The van der Waals surface area contributed by atoms with E-state index in [-0.39, 0.29) is 11.7 Å². The number of fused-ring (bicyclic) bond motifs is 1. The summed E-state index contributed by atoms with van der Waals surface area (Å²) in [7, 11) is 0. The van der Waals surface area contributed by atoms with E-state index in [0.29, 0.717) is 11.1 Å². The topological polar surface area (TPSA) is 96.7 Å². The first-order valence-corrected chi connectivity index (χ1v) is 10.6. The molecule has 0 bridgehead atoms. The van der Waals surface area contributed by atoms with E-state index in [1.807, 2.05) is 78.9 Å². The number of nitrogens with one attached hydrogen (secondary N) is 2. The molecule has 3 aromatic carbocycles. The van der Waals surface area contributed by atoms with Crippen LogP contribution in [-0.2, 0) is 4.79 Å². The fourth-order valence-corrected chi connectivity index (χ4v) is 3.67. The summed E-state index contributed by atoms with van der Waals surface area (Å²) in [6.45, 7) is 0. The first kappa shape index (κ1) is 19.1. The third-order valence-corrected chi connectivity index (χ3v) is 5.39. The van der Waals surface area contributed by atoms with Gasteiger partial charge >= 0.3 is 0 Å². The molecule has 0 saturated heterocycles. The van der Waals surface area contributed by atoms with Crippen molar-refractivity contribution >= 4 is 34.4 Å². The zero-order valence-electron chi connectivity index (χ0n) is 16.3. The molecule has 0 aliphatic rings.